The molecule has 0 aromatic heterocycles. The molecule has 4 bridgehead atoms. The van der Waals surface area contributed by atoms with E-state index in [0.717, 1.165) is 17.8 Å². The van der Waals surface area contributed by atoms with Gasteiger partial charge in [-0.3, -0.25) is 0 Å². The predicted molar refractivity (Wildman–Crippen MR) is 89.8 cm³/mol. The van der Waals surface area contributed by atoms with E-state index in [9.17, 15) is 5.11 Å². The zero-order chi connectivity index (χ0) is 15.2. The van der Waals surface area contributed by atoms with Crippen molar-refractivity contribution in [3.05, 3.63) is 42.0 Å². The number of hydrogen-bond acceptors (Lipinski definition) is 2. The first kappa shape index (κ1) is 14.5. The van der Waals surface area contributed by atoms with E-state index in [4.69, 9.17) is 5.73 Å². The van der Waals surface area contributed by atoms with E-state index >= 15 is 0 Å². The molecule has 0 saturated heterocycles. The molecule has 4 saturated carbocycles. The summed E-state index contributed by atoms with van der Waals surface area (Å²) in [6.45, 7) is 0. The van der Waals surface area contributed by atoms with E-state index in [-0.39, 0.29) is 0 Å². The van der Waals surface area contributed by atoms with Crippen LogP contribution in [0.25, 0.3) is 5.57 Å². The van der Waals surface area contributed by atoms with Gasteiger partial charge in [0.1, 0.15) is 6.23 Å². The van der Waals surface area contributed by atoms with Crippen LogP contribution in [0.3, 0.4) is 0 Å². The molecule has 1 unspecified atom stereocenters. The number of hydrogen-bond donors (Lipinski definition) is 2. The Kier molecular flexibility index (Phi) is 3.62. The molecule has 1 aromatic carbocycles. The van der Waals surface area contributed by atoms with E-state index in [1.165, 1.54) is 49.7 Å². The van der Waals surface area contributed by atoms with Crippen LogP contribution in [0, 0.1) is 23.2 Å². The Morgan fingerprint density at radius 2 is 1.64 bits per heavy atom. The van der Waals surface area contributed by atoms with Crippen LogP contribution < -0.4 is 5.73 Å². The van der Waals surface area contributed by atoms with Crippen molar-refractivity contribution in [2.24, 2.45) is 28.9 Å². The van der Waals surface area contributed by atoms with Gasteiger partial charge in [-0.2, -0.15) is 0 Å². The van der Waals surface area contributed by atoms with Gasteiger partial charge in [0, 0.05) is 6.42 Å². The number of benzene rings is 1. The Bertz CT molecular complexity index is 525. The second-order valence-corrected chi connectivity index (χ2v) is 7.98. The minimum Gasteiger partial charge on any atom is -0.379 e. The molecule has 22 heavy (non-hydrogen) atoms. The second-order valence-electron chi connectivity index (χ2n) is 7.98. The van der Waals surface area contributed by atoms with Crippen LogP contribution in [0.2, 0.25) is 0 Å². The minimum atomic E-state index is -0.743. The summed E-state index contributed by atoms with van der Waals surface area (Å²) < 4.78 is 0. The molecule has 118 valence electrons. The van der Waals surface area contributed by atoms with E-state index < -0.39 is 6.23 Å². The Balaban J connectivity index is 1.73. The standard InChI is InChI=1S/C20H27NO/c21-19(22)7-6-18(17-4-2-1-3-5-17)20-11-14-8-15(12-20)10-16(9-14)13-20/h1-6,14-16,19,22H,7-13,21H2. The number of aliphatic hydroxyl groups is 1. The maximum atomic E-state index is 9.56. The van der Waals surface area contributed by atoms with Gasteiger partial charge >= 0.3 is 0 Å². The van der Waals surface area contributed by atoms with Crippen molar-refractivity contribution in [3.8, 4) is 0 Å². The summed E-state index contributed by atoms with van der Waals surface area (Å²) in [4.78, 5) is 0. The fourth-order valence-corrected chi connectivity index (χ4v) is 5.94. The summed E-state index contributed by atoms with van der Waals surface area (Å²) in [6, 6.07) is 10.8. The van der Waals surface area contributed by atoms with Crippen LogP contribution in [0.15, 0.2) is 36.4 Å². The summed E-state index contributed by atoms with van der Waals surface area (Å²) in [5, 5.41) is 9.56. The SMILES string of the molecule is NC(O)CC=C(c1ccccc1)C12CC3CC(CC(C3)C1)C2. The number of aliphatic hydroxyl groups excluding tert-OH is 1. The van der Waals surface area contributed by atoms with E-state index in [1.54, 1.807) is 0 Å². The highest BCUT2D eigenvalue weighted by molar-refractivity contribution is 5.71. The summed E-state index contributed by atoms with van der Waals surface area (Å²) in [5.41, 5.74) is 8.78. The van der Waals surface area contributed by atoms with Gasteiger partial charge in [0.05, 0.1) is 0 Å². The second kappa shape index (κ2) is 5.50. The summed E-state index contributed by atoms with van der Waals surface area (Å²) in [5.74, 6) is 2.79. The normalized spacial score (nSPS) is 38.3. The maximum Gasteiger partial charge on any atom is 0.105 e. The molecule has 3 N–H and O–H groups in total. The first-order valence-corrected chi connectivity index (χ1v) is 8.84. The van der Waals surface area contributed by atoms with E-state index in [0.29, 0.717) is 11.8 Å². The van der Waals surface area contributed by atoms with Crippen molar-refractivity contribution >= 4 is 5.57 Å². The Morgan fingerprint density at radius 3 is 2.14 bits per heavy atom. The fourth-order valence-electron chi connectivity index (χ4n) is 5.94. The Hall–Kier alpha value is -1.12. The molecule has 4 aliphatic carbocycles. The van der Waals surface area contributed by atoms with Crippen LogP contribution in [-0.4, -0.2) is 11.3 Å². The van der Waals surface area contributed by atoms with Crippen molar-refractivity contribution in [2.75, 3.05) is 0 Å². The lowest BCUT2D eigenvalue weighted by molar-refractivity contribution is -0.0179. The molecule has 4 aliphatic rings. The number of nitrogens with two attached hydrogens (primary N) is 1. The van der Waals surface area contributed by atoms with Crippen LogP contribution >= 0.6 is 0 Å². The van der Waals surface area contributed by atoms with Crippen molar-refractivity contribution in [1.82, 2.24) is 0 Å². The smallest absolute Gasteiger partial charge is 0.105 e. The van der Waals surface area contributed by atoms with Crippen molar-refractivity contribution in [3.63, 3.8) is 0 Å². The van der Waals surface area contributed by atoms with Crippen LogP contribution in [-0.2, 0) is 0 Å². The van der Waals surface area contributed by atoms with Crippen molar-refractivity contribution < 1.29 is 5.11 Å². The molecule has 0 heterocycles. The molecule has 0 spiro atoms. The molecular formula is C20H27NO. The molecular weight excluding hydrogens is 270 g/mol. The van der Waals surface area contributed by atoms with Crippen LogP contribution in [0.5, 0.6) is 0 Å². The fraction of sp³-hybridized carbons (Fsp3) is 0.600. The third-order valence-corrected chi connectivity index (χ3v) is 6.26. The van der Waals surface area contributed by atoms with Gasteiger partial charge in [0.2, 0.25) is 0 Å². The van der Waals surface area contributed by atoms with Crippen molar-refractivity contribution in [1.29, 1.82) is 0 Å². The third-order valence-electron chi connectivity index (χ3n) is 6.26. The van der Waals surface area contributed by atoms with E-state index in [2.05, 4.69) is 36.4 Å². The molecule has 1 aromatic rings. The topological polar surface area (TPSA) is 46.2 Å². The molecule has 5 rings (SSSR count). The summed E-state index contributed by atoms with van der Waals surface area (Å²) in [7, 11) is 0. The molecule has 1 atom stereocenters. The molecule has 0 aliphatic heterocycles. The highest BCUT2D eigenvalue weighted by Crippen LogP contribution is 2.64. The number of allylic oxidation sites excluding steroid dienone is 1. The van der Waals surface area contributed by atoms with Gasteiger partial charge in [-0.1, -0.05) is 36.4 Å². The van der Waals surface area contributed by atoms with Gasteiger partial charge in [-0.25, -0.2) is 0 Å². The lowest BCUT2D eigenvalue weighted by Gasteiger charge is -2.58. The molecule has 4 fully saturated rings. The van der Waals surface area contributed by atoms with Gasteiger partial charge in [0.15, 0.2) is 0 Å². The van der Waals surface area contributed by atoms with Gasteiger partial charge < -0.3 is 10.8 Å². The van der Waals surface area contributed by atoms with Gasteiger partial charge in [0.25, 0.3) is 0 Å². The lowest BCUT2D eigenvalue weighted by Crippen LogP contribution is -2.46. The largest absolute Gasteiger partial charge is 0.379 e. The highest BCUT2D eigenvalue weighted by Gasteiger charge is 2.52. The van der Waals surface area contributed by atoms with Crippen LogP contribution in [0.1, 0.15) is 50.5 Å². The molecule has 2 heteroatoms. The first-order valence-electron chi connectivity index (χ1n) is 8.84. The van der Waals surface area contributed by atoms with E-state index in [1.807, 2.05) is 0 Å². The quantitative estimate of drug-likeness (QED) is 0.827. The Labute approximate surface area is 133 Å². The monoisotopic (exact) mass is 297 g/mol. The van der Waals surface area contributed by atoms with Crippen molar-refractivity contribution in [2.45, 2.75) is 51.2 Å². The molecule has 0 amide bonds. The van der Waals surface area contributed by atoms with Crippen LogP contribution in [0.4, 0.5) is 0 Å². The lowest BCUT2D eigenvalue weighted by atomic mass is 9.47. The molecule has 2 nitrogen and oxygen atoms in total. The zero-order valence-corrected chi connectivity index (χ0v) is 13.2. The summed E-state index contributed by atoms with van der Waals surface area (Å²) in [6.07, 6.45) is 10.5. The Morgan fingerprint density at radius 1 is 1.09 bits per heavy atom. The minimum absolute atomic E-state index is 0.352. The van der Waals surface area contributed by atoms with Gasteiger partial charge in [-0.05, 0) is 72.8 Å². The molecule has 0 radical (unpaired) electrons. The third kappa shape index (κ3) is 2.53. The predicted octanol–water partition coefficient (Wildman–Crippen LogP) is 3.95. The zero-order valence-electron chi connectivity index (χ0n) is 13.2. The average Bonchev–Trinajstić information content (AvgIpc) is 2.46. The maximum absolute atomic E-state index is 9.56. The summed E-state index contributed by atoms with van der Waals surface area (Å²) >= 11 is 0. The first-order chi connectivity index (χ1) is 10.6. The van der Waals surface area contributed by atoms with Gasteiger partial charge in [-0.15, -0.1) is 0 Å². The number of rotatable bonds is 4. The highest BCUT2D eigenvalue weighted by atomic mass is 16.3. The average molecular weight is 297 g/mol.